The Labute approximate surface area is 187 Å². The normalized spacial score (nSPS) is 17.3. The Kier molecular flexibility index (Phi) is 6.78. The van der Waals surface area contributed by atoms with Crippen LogP contribution < -0.4 is 9.03 Å². The first-order valence-electron chi connectivity index (χ1n) is 9.51. The van der Waals surface area contributed by atoms with Gasteiger partial charge in [0.1, 0.15) is 0 Å². The van der Waals surface area contributed by atoms with Gasteiger partial charge >= 0.3 is 0 Å². The summed E-state index contributed by atoms with van der Waals surface area (Å²) in [6.45, 7) is 1.65. The second kappa shape index (κ2) is 8.87. The standard InChI is InChI=1S/C20H24ClN3O5S2/c1-14-8-9-15(24-20(25)10-11-30(24,26)27)12-19(14)31(28,29)22-13-18(23(2)3)16-6-4-5-7-17(16)21/h4-9,12,18,22H,10-11,13H2,1-3H3/t18-/m0/s1. The first-order valence-corrected chi connectivity index (χ1v) is 13.0. The number of sulfonamides is 2. The van der Waals surface area contributed by atoms with E-state index in [2.05, 4.69) is 4.72 Å². The van der Waals surface area contributed by atoms with Crippen molar-refractivity contribution in [1.29, 1.82) is 0 Å². The number of halogens is 1. The number of anilines is 1. The van der Waals surface area contributed by atoms with Gasteiger partial charge in [-0.2, -0.15) is 0 Å². The molecule has 1 fully saturated rings. The molecule has 3 rings (SSSR count). The fraction of sp³-hybridized carbons (Fsp3) is 0.350. The van der Waals surface area contributed by atoms with E-state index in [1.165, 1.54) is 18.2 Å². The van der Waals surface area contributed by atoms with E-state index in [4.69, 9.17) is 11.6 Å². The maximum absolute atomic E-state index is 13.1. The highest BCUT2D eigenvalue weighted by molar-refractivity contribution is 7.94. The molecule has 8 nitrogen and oxygen atoms in total. The van der Waals surface area contributed by atoms with Gasteiger partial charge in [0, 0.05) is 24.0 Å². The summed E-state index contributed by atoms with van der Waals surface area (Å²) in [4.78, 5) is 13.8. The van der Waals surface area contributed by atoms with Gasteiger partial charge in [0.2, 0.25) is 26.0 Å². The third-order valence-corrected chi connectivity index (χ3v) is 8.73. The van der Waals surface area contributed by atoms with Gasteiger partial charge in [-0.25, -0.2) is 25.9 Å². The Morgan fingerprint density at radius 2 is 1.87 bits per heavy atom. The first kappa shape index (κ1) is 23.7. The van der Waals surface area contributed by atoms with Crippen molar-refractivity contribution >= 4 is 43.2 Å². The predicted octanol–water partition coefficient (Wildman–Crippen LogP) is 2.30. The zero-order valence-corrected chi connectivity index (χ0v) is 19.8. The summed E-state index contributed by atoms with van der Waals surface area (Å²) in [5.41, 5.74) is 1.22. The molecule has 1 amide bonds. The molecule has 11 heteroatoms. The number of aryl methyl sites for hydroxylation is 1. The highest BCUT2D eigenvalue weighted by atomic mass is 35.5. The Hall–Kier alpha value is -1.98. The van der Waals surface area contributed by atoms with Gasteiger partial charge in [-0.05, 0) is 50.3 Å². The Balaban J connectivity index is 1.91. The van der Waals surface area contributed by atoms with Gasteiger partial charge in [-0.1, -0.05) is 35.9 Å². The molecule has 0 radical (unpaired) electrons. The van der Waals surface area contributed by atoms with Crippen LogP contribution in [-0.2, 0) is 24.8 Å². The predicted molar refractivity (Wildman–Crippen MR) is 120 cm³/mol. The Morgan fingerprint density at radius 3 is 2.45 bits per heavy atom. The molecule has 0 saturated carbocycles. The van der Waals surface area contributed by atoms with E-state index in [-0.39, 0.29) is 35.3 Å². The number of carbonyl (C=O) groups is 1. The third-order valence-electron chi connectivity index (χ3n) is 5.13. The summed E-state index contributed by atoms with van der Waals surface area (Å²) in [5, 5.41) is 0.524. The fourth-order valence-corrected chi connectivity index (χ4v) is 6.47. The number of rotatable bonds is 7. The van der Waals surface area contributed by atoms with Crippen LogP contribution in [0.4, 0.5) is 5.69 Å². The van der Waals surface area contributed by atoms with Crippen molar-refractivity contribution in [1.82, 2.24) is 9.62 Å². The lowest BCUT2D eigenvalue weighted by molar-refractivity contribution is -0.116. The van der Waals surface area contributed by atoms with Crippen LogP contribution in [0.25, 0.3) is 0 Å². The molecule has 1 aliphatic rings. The largest absolute Gasteiger partial charge is 0.301 e. The van der Waals surface area contributed by atoms with Crippen LogP contribution in [0.2, 0.25) is 5.02 Å². The molecule has 2 aromatic rings. The lowest BCUT2D eigenvalue weighted by Gasteiger charge is -2.26. The van der Waals surface area contributed by atoms with Crippen molar-refractivity contribution in [2.45, 2.75) is 24.3 Å². The number of likely N-dealkylation sites (N-methyl/N-ethyl adjacent to an activating group) is 1. The van der Waals surface area contributed by atoms with Crippen LogP contribution >= 0.6 is 11.6 Å². The van der Waals surface area contributed by atoms with Crippen molar-refractivity contribution in [3.05, 3.63) is 58.6 Å². The molecule has 31 heavy (non-hydrogen) atoms. The maximum atomic E-state index is 13.1. The fourth-order valence-electron chi connectivity index (χ4n) is 3.46. The minimum atomic E-state index is -4.00. The average molecular weight is 486 g/mol. The van der Waals surface area contributed by atoms with Gasteiger partial charge in [0.15, 0.2) is 0 Å². The van der Waals surface area contributed by atoms with Crippen molar-refractivity contribution in [2.75, 3.05) is 30.7 Å². The van der Waals surface area contributed by atoms with Crippen LogP contribution in [0.5, 0.6) is 0 Å². The van der Waals surface area contributed by atoms with Crippen LogP contribution in [0.3, 0.4) is 0 Å². The number of hydrogen-bond donors (Lipinski definition) is 1. The molecule has 0 bridgehead atoms. The molecule has 1 heterocycles. The molecular formula is C20H24ClN3O5S2. The van der Waals surface area contributed by atoms with Gasteiger partial charge in [0.25, 0.3) is 0 Å². The monoisotopic (exact) mass is 485 g/mol. The second-order valence-electron chi connectivity index (χ2n) is 7.53. The zero-order chi connectivity index (χ0) is 23.0. The summed E-state index contributed by atoms with van der Waals surface area (Å²) in [7, 11) is -4.16. The first-order chi connectivity index (χ1) is 14.4. The highest BCUT2D eigenvalue weighted by Gasteiger charge is 2.37. The van der Waals surface area contributed by atoms with Crippen LogP contribution in [0.15, 0.2) is 47.4 Å². The number of nitrogens with one attached hydrogen (secondary N) is 1. The molecule has 168 valence electrons. The van der Waals surface area contributed by atoms with Gasteiger partial charge < -0.3 is 4.90 Å². The number of benzene rings is 2. The van der Waals surface area contributed by atoms with Gasteiger partial charge in [0.05, 0.1) is 16.3 Å². The van der Waals surface area contributed by atoms with E-state index in [9.17, 15) is 21.6 Å². The molecule has 0 unspecified atom stereocenters. The number of nitrogens with zero attached hydrogens (tertiary/aromatic N) is 2. The van der Waals surface area contributed by atoms with Gasteiger partial charge in [-0.3, -0.25) is 4.79 Å². The summed E-state index contributed by atoms with van der Waals surface area (Å²) >= 11 is 6.29. The topological polar surface area (TPSA) is 104 Å². The lowest BCUT2D eigenvalue weighted by Crippen LogP contribution is -2.35. The van der Waals surface area contributed by atoms with E-state index in [0.717, 1.165) is 5.56 Å². The molecular weight excluding hydrogens is 462 g/mol. The number of amides is 1. The quantitative estimate of drug-likeness (QED) is 0.645. The van der Waals surface area contributed by atoms with Crippen LogP contribution in [-0.4, -0.2) is 54.0 Å². The smallest absolute Gasteiger partial charge is 0.242 e. The minimum Gasteiger partial charge on any atom is -0.301 e. The molecule has 0 aliphatic carbocycles. The average Bonchev–Trinajstić information content (AvgIpc) is 2.96. The summed E-state index contributed by atoms with van der Waals surface area (Å²) in [6, 6.07) is 11.0. The number of carbonyl (C=O) groups excluding carboxylic acids is 1. The molecule has 2 aromatic carbocycles. The van der Waals surface area contributed by atoms with E-state index in [1.807, 2.05) is 31.1 Å². The zero-order valence-electron chi connectivity index (χ0n) is 17.4. The molecule has 1 N–H and O–H groups in total. The van der Waals surface area contributed by atoms with Crippen molar-refractivity contribution < 1.29 is 21.6 Å². The molecule has 0 aromatic heterocycles. The third kappa shape index (κ3) is 4.93. The summed E-state index contributed by atoms with van der Waals surface area (Å²) in [5.74, 6) is -0.867. The summed E-state index contributed by atoms with van der Waals surface area (Å²) < 4.78 is 53.9. The van der Waals surface area contributed by atoms with E-state index in [1.54, 1.807) is 19.1 Å². The molecule has 1 saturated heterocycles. The van der Waals surface area contributed by atoms with E-state index >= 15 is 0 Å². The highest BCUT2D eigenvalue weighted by Crippen LogP contribution is 2.30. The lowest BCUT2D eigenvalue weighted by atomic mass is 10.1. The Morgan fingerprint density at radius 1 is 1.19 bits per heavy atom. The van der Waals surface area contributed by atoms with Crippen molar-refractivity contribution in [3.8, 4) is 0 Å². The molecule has 1 atom stereocenters. The maximum Gasteiger partial charge on any atom is 0.242 e. The van der Waals surface area contributed by atoms with E-state index < -0.39 is 26.0 Å². The minimum absolute atomic E-state index is 0.0174. The second-order valence-corrected chi connectivity index (χ2v) is 11.6. The molecule has 1 aliphatic heterocycles. The Bertz CT molecular complexity index is 1210. The number of hydrogen-bond acceptors (Lipinski definition) is 6. The van der Waals surface area contributed by atoms with Crippen molar-refractivity contribution in [2.24, 2.45) is 0 Å². The summed E-state index contributed by atoms with van der Waals surface area (Å²) in [6.07, 6.45) is -0.126. The molecule has 0 spiro atoms. The van der Waals surface area contributed by atoms with Crippen LogP contribution in [0.1, 0.15) is 23.6 Å². The van der Waals surface area contributed by atoms with Gasteiger partial charge in [-0.15, -0.1) is 0 Å². The van der Waals surface area contributed by atoms with Crippen LogP contribution in [0, 0.1) is 6.92 Å². The SMILES string of the molecule is Cc1ccc(N2C(=O)CCS2(=O)=O)cc1S(=O)(=O)NC[C@@H](c1ccccc1Cl)N(C)C. The van der Waals surface area contributed by atoms with Crippen molar-refractivity contribution in [3.63, 3.8) is 0 Å². The van der Waals surface area contributed by atoms with E-state index in [0.29, 0.717) is 14.9 Å².